The van der Waals surface area contributed by atoms with E-state index in [1.54, 1.807) is 19.1 Å². The van der Waals surface area contributed by atoms with Gasteiger partial charge < -0.3 is 9.64 Å². The first-order valence-corrected chi connectivity index (χ1v) is 10.1. The van der Waals surface area contributed by atoms with Crippen molar-refractivity contribution in [2.24, 2.45) is 0 Å². The van der Waals surface area contributed by atoms with Gasteiger partial charge in [-0.15, -0.1) is 0 Å². The third kappa shape index (κ3) is 3.92. The van der Waals surface area contributed by atoms with Crippen molar-refractivity contribution in [1.29, 1.82) is 0 Å². The molecule has 0 aliphatic heterocycles. The summed E-state index contributed by atoms with van der Waals surface area (Å²) in [5.74, 6) is -0.132. The molecule has 3 aromatic rings. The molecule has 0 amide bonds. The number of ketones is 2. The second-order valence-electron chi connectivity index (χ2n) is 7.31. The molecule has 0 aromatic heterocycles. The lowest BCUT2D eigenvalue weighted by Gasteiger charge is -2.30. The fourth-order valence-electron chi connectivity index (χ4n) is 4.04. The molecule has 4 rings (SSSR count). The predicted molar refractivity (Wildman–Crippen MR) is 122 cm³/mol. The molecule has 4 heteroatoms. The molecular weight excluding hydrogens is 386 g/mol. The van der Waals surface area contributed by atoms with Gasteiger partial charge in [-0.3, -0.25) is 9.59 Å². The van der Waals surface area contributed by atoms with E-state index in [2.05, 4.69) is 0 Å². The minimum Gasteiger partial charge on any atom is -0.495 e. The van der Waals surface area contributed by atoms with Crippen molar-refractivity contribution in [1.82, 2.24) is 0 Å². The highest BCUT2D eigenvalue weighted by Gasteiger charge is 2.34. The zero-order valence-electron chi connectivity index (χ0n) is 17.5. The lowest BCUT2D eigenvalue weighted by molar-refractivity contribution is -0.115. The van der Waals surface area contributed by atoms with Crippen LogP contribution in [0.1, 0.15) is 17.0 Å². The van der Waals surface area contributed by atoms with E-state index in [1.807, 2.05) is 84.9 Å². The van der Waals surface area contributed by atoms with Gasteiger partial charge in [0.25, 0.3) is 0 Å². The molecule has 4 nitrogen and oxygen atoms in total. The fourth-order valence-corrected chi connectivity index (χ4v) is 4.04. The van der Waals surface area contributed by atoms with Gasteiger partial charge >= 0.3 is 0 Å². The zero-order chi connectivity index (χ0) is 21.8. The highest BCUT2D eigenvalue weighted by molar-refractivity contribution is 6.22. The number of ether oxygens (including phenoxy) is 1. The minimum atomic E-state index is -0.379. The van der Waals surface area contributed by atoms with Crippen LogP contribution in [0.15, 0.2) is 108 Å². The van der Waals surface area contributed by atoms with Crippen LogP contribution in [-0.2, 0) is 9.59 Å². The molecule has 31 heavy (non-hydrogen) atoms. The van der Waals surface area contributed by atoms with Crippen LogP contribution in [0, 0.1) is 0 Å². The summed E-state index contributed by atoms with van der Waals surface area (Å²) in [7, 11) is 3.39. The van der Waals surface area contributed by atoms with Gasteiger partial charge in [0.05, 0.1) is 18.5 Å². The Hall–Kier alpha value is -3.92. The van der Waals surface area contributed by atoms with Crippen molar-refractivity contribution >= 4 is 17.3 Å². The highest BCUT2D eigenvalue weighted by Crippen LogP contribution is 2.39. The average molecular weight is 409 g/mol. The summed E-state index contributed by atoms with van der Waals surface area (Å²) < 4.78 is 5.51. The van der Waals surface area contributed by atoms with E-state index >= 15 is 0 Å². The molecule has 0 bridgehead atoms. The normalized spacial score (nSPS) is 13.6. The number of carbonyl (C=O) groups is 2. The number of likely N-dealkylation sites (N-methyl/N-ethyl adjacent to an activating group) is 1. The van der Waals surface area contributed by atoms with Crippen LogP contribution in [0.4, 0.5) is 5.69 Å². The van der Waals surface area contributed by atoms with Crippen molar-refractivity contribution < 1.29 is 14.3 Å². The maximum absolute atomic E-state index is 13.3. The van der Waals surface area contributed by atoms with Gasteiger partial charge in [-0.2, -0.15) is 0 Å². The molecule has 1 aliphatic carbocycles. The fraction of sp³-hybridized carbons (Fsp3) is 0.111. The summed E-state index contributed by atoms with van der Waals surface area (Å²) in [6.07, 6.45) is 2.72. The monoisotopic (exact) mass is 409 g/mol. The molecule has 0 unspecified atom stereocenters. The number of para-hydroxylation sites is 2. The van der Waals surface area contributed by atoms with Crippen LogP contribution in [0.2, 0.25) is 0 Å². The van der Waals surface area contributed by atoms with Gasteiger partial charge in [-0.25, -0.2) is 0 Å². The van der Waals surface area contributed by atoms with E-state index in [4.69, 9.17) is 4.74 Å². The first kappa shape index (κ1) is 20.4. The van der Waals surface area contributed by atoms with E-state index in [0.29, 0.717) is 22.7 Å². The largest absolute Gasteiger partial charge is 0.495 e. The van der Waals surface area contributed by atoms with E-state index in [-0.39, 0.29) is 17.5 Å². The van der Waals surface area contributed by atoms with E-state index < -0.39 is 0 Å². The second kappa shape index (κ2) is 8.84. The van der Waals surface area contributed by atoms with Gasteiger partial charge in [0.1, 0.15) is 5.75 Å². The molecule has 0 saturated heterocycles. The van der Waals surface area contributed by atoms with Crippen molar-refractivity contribution in [2.45, 2.75) is 5.92 Å². The zero-order valence-corrected chi connectivity index (χ0v) is 17.5. The standard InChI is InChI=1S/C27H23NO3/c1-28(21-15-9-10-16-24(21)31-2)27-23(30)18-17-22(29)26(27)25(19-11-5-3-6-12-19)20-13-7-4-8-14-20/h3-18,25H,1-2H3. The summed E-state index contributed by atoms with van der Waals surface area (Å²) in [6.45, 7) is 0. The number of rotatable bonds is 6. The first-order chi connectivity index (χ1) is 15.1. The first-order valence-electron chi connectivity index (χ1n) is 10.1. The van der Waals surface area contributed by atoms with Crippen molar-refractivity contribution in [3.63, 3.8) is 0 Å². The summed E-state index contributed by atoms with van der Waals surface area (Å²) in [6, 6.07) is 27.1. The topological polar surface area (TPSA) is 46.6 Å². The summed E-state index contributed by atoms with van der Waals surface area (Å²) in [4.78, 5) is 28.2. The Morgan fingerprint density at radius 2 is 1.23 bits per heavy atom. The third-order valence-corrected chi connectivity index (χ3v) is 5.48. The number of hydrogen-bond acceptors (Lipinski definition) is 4. The Kier molecular flexibility index (Phi) is 5.80. The van der Waals surface area contributed by atoms with Crippen LogP contribution < -0.4 is 9.64 Å². The van der Waals surface area contributed by atoms with Gasteiger partial charge in [-0.1, -0.05) is 72.8 Å². The summed E-state index contributed by atoms with van der Waals surface area (Å²) in [5, 5.41) is 0. The quantitative estimate of drug-likeness (QED) is 0.542. The minimum absolute atomic E-state index is 0.172. The van der Waals surface area contributed by atoms with Crippen molar-refractivity contribution in [3.8, 4) is 5.75 Å². The number of benzene rings is 3. The molecule has 0 heterocycles. The van der Waals surface area contributed by atoms with Crippen LogP contribution in [0.3, 0.4) is 0 Å². The van der Waals surface area contributed by atoms with Crippen LogP contribution in [-0.4, -0.2) is 25.7 Å². The molecule has 3 aromatic carbocycles. The van der Waals surface area contributed by atoms with E-state index in [1.165, 1.54) is 12.2 Å². The Balaban J connectivity index is 1.97. The Morgan fingerprint density at radius 3 is 1.81 bits per heavy atom. The van der Waals surface area contributed by atoms with Crippen LogP contribution >= 0.6 is 0 Å². The smallest absolute Gasteiger partial charge is 0.202 e. The number of anilines is 1. The predicted octanol–water partition coefficient (Wildman–Crippen LogP) is 4.93. The Bertz CT molecular complexity index is 1120. The number of hydrogen-bond donors (Lipinski definition) is 0. The summed E-state index contributed by atoms with van der Waals surface area (Å²) in [5.41, 5.74) is 3.43. The molecule has 0 fully saturated rings. The maximum atomic E-state index is 13.3. The molecule has 154 valence electrons. The maximum Gasteiger partial charge on any atom is 0.202 e. The van der Waals surface area contributed by atoms with Crippen molar-refractivity contribution in [2.75, 3.05) is 19.1 Å². The molecular formula is C27H23NO3. The molecule has 0 atom stereocenters. The van der Waals surface area contributed by atoms with Gasteiger partial charge in [0, 0.05) is 18.5 Å². The SMILES string of the molecule is COc1ccccc1N(C)C1=C(C(c2ccccc2)c2ccccc2)C(=O)C=CC1=O. The van der Waals surface area contributed by atoms with E-state index in [0.717, 1.165) is 11.1 Å². The number of carbonyl (C=O) groups excluding carboxylic acids is 2. The average Bonchev–Trinajstić information content (AvgIpc) is 2.82. The summed E-state index contributed by atoms with van der Waals surface area (Å²) >= 11 is 0. The van der Waals surface area contributed by atoms with E-state index in [9.17, 15) is 9.59 Å². The molecule has 0 radical (unpaired) electrons. The number of nitrogens with zero attached hydrogens (tertiary/aromatic N) is 1. The molecule has 0 spiro atoms. The van der Waals surface area contributed by atoms with Gasteiger partial charge in [0.2, 0.25) is 5.78 Å². The third-order valence-electron chi connectivity index (χ3n) is 5.48. The molecule has 1 aliphatic rings. The number of allylic oxidation sites excluding steroid dienone is 3. The Morgan fingerprint density at radius 1 is 0.710 bits per heavy atom. The Labute approximate surface area is 182 Å². The van der Waals surface area contributed by atoms with Crippen LogP contribution in [0.5, 0.6) is 5.75 Å². The number of methoxy groups -OCH3 is 1. The van der Waals surface area contributed by atoms with Gasteiger partial charge in [-0.05, 0) is 35.4 Å². The lowest BCUT2D eigenvalue weighted by atomic mass is 9.79. The van der Waals surface area contributed by atoms with Gasteiger partial charge in [0.15, 0.2) is 5.78 Å². The molecule has 0 N–H and O–H groups in total. The molecule has 0 saturated carbocycles. The van der Waals surface area contributed by atoms with Crippen molar-refractivity contribution in [3.05, 3.63) is 119 Å². The van der Waals surface area contributed by atoms with Crippen LogP contribution in [0.25, 0.3) is 0 Å². The second-order valence-corrected chi connectivity index (χ2v) is 7.31. The highest BCUT2D eigenvalue weighted by atomic mass is 16.5. The lowest BCUT2D eigenvalue weighted by Crippen LogP contribution is -2.31.